The molecule has 0 unspecified atom stereocenters. The van der Waals surface area contributed by atoms with Gasteiger partial charge in [0.25, 0.3) is 0 Å². The van der Waals surface area contributed by atoms with Gasteiger partial charge in [-0.15, -0.1) is 0 Å². The van der Waals surface area contributed by atoms with Crippen LogP contribution in [0.15, 0.2) is 0 Å². The molecule has 0 spiro atoms. The van der Waals surface area contributed by atoms with Crippen molar-refractivity contribution in [2.45, 2.75) is 24.8 Å². The maximum atomic E-state index is 10.9. The lowest BCUT2D eigenvalue weighted by atomic mass is 9.89. The van der Waals surface area contributed by atoms with Crippen LogP contribution in [0, 0.1) is 0 Å². The largest absolute Gasteiger partial charge is 0.480 e. The van der Waals surface area contributed by atoms with Gasteiger partial charge in [0.1, 0.15) is 5.54 Å². The monoisotopic (exact) mass is 229 g/mol. The fourth-order valence-electron chi connectivity index (χ4n) is 2.00. The van der Waals surface area contributed by atoms with Gasteiger partial charge in [0.2, 0.25) is 0 Å². The zero-order chi connectivity index (χ0) is 12.2. The molecule has 94 valence electrons. The van der Waals surface area contributed by atoms with Crippen LogP contribution in [0.1, 0.15) is 19.3 Å². The Hall–Kier alpha value is -0.650. The first-order valence-corrected chi connectivity index (χ1v) is 5.83. The Morgan fingerprint density at radius 2 is 2.00 bits per heavy atom. The highest BCUT2D eigenvalue weighted by Gasteiger charge is 2.37. The summed E-state index contributed by atoms with van der Waals surface area (Å²) in [7, 11) is 4.12. The first kappa shape index (κ1) is 13.4. The molecule has 3 N–H and O–H groups in total. The topological polar surface area (TPSA) is 69.8 Å². The van der Waals surface area contributed by atoms with Crippen LogP contribution in [-0.2, 0) is 4.79 Å². The Bertz CT molecular complexity index is 235. The number of carbonyl (C=O) groups is 1. The van der Waals surface area contributed by atoms with E-state index in [1.807, 2.05) is 0 Å². The Balaban J connectivity index is 2.24. The summed E-state index contributed by atoms with van der Waals surface area (Å²) in [6.07, 6.45) is 2.24. The third kappa shape index (κ3) is 3.73. The third-order valence-electron chi connectivity index (χ3n) is 3.25. The number of carboxylic acids is 1. The summed E-state index contributed by atoms with van der Waals surface area (Å²) in [4.78, 5) is 15.4. The predicted molar refractivity (Wildman–Crippen MR) is 63.4 cm³/mol. The van der Waals surface area contributed by atoms with E-state index >= 15 is 0 Å². The number of nitrogens with zero attached hydrogens (tertiary/aromatic N) is 2. The van der Waals surface area contributed by atoms with Gasteiger partial charge in [-0.25, -0.2) is 0 Å². The normalized spacial score (nSPS) is 21.2. The highest BCUT2D eigenvalue weighted by Crippen LogP contribution is 2.19. The van der Waals surface area contributed by atoms with Crippen molar-refractivity contribution < 1.29 is 9.90 Å². The molecule has 1 heterocycles. The predicted octanol–water partition coefficient (Wildman–Crippen LogP) is -0.184. The molecule has 0 amide bonds. The zero-order valence-corrected chi connectivity index (χ0v) is 10.3. The summed E-state index contributed by atoms with van der Waals surface area (Å²) in [5.41, 5.74) is 4.82. The third-order valence-corrected chi connectivity index (χ3v) is 3.25. The molecule has 0 aromatic heterocycles. The molecule has 1 rings (SSSR count). The van der Waals surface area contributed by atoms with Gasteiger partial charge in [-0.3, -0.25) is 4.79 Å². The first-order chi connectivity index (χ1) is 7.44. The maximum absolute atomic E-state index is 10.9. The van der Waals surface area contributed by atoms with Crippen LogP contribution < -0.4 is 5.73 Å². The van der Waals surface area contributed by atoms with Crippen LogP contribution in [0.4, 0.5) is 0 Å². The van der Waals surface area contributed by atoms with Gasteiger partial charge in [0, 0.05) is 13.1 Å². The molecule has 0 aliphatic carbocycles. The smallest absolute Gasteiger partial charge is 0.323 e. The van der Waals surface area contributed by atoms with Crippen molar-refractivity contribution in [1.82, 2.24) is 9.80 Å². The molecule has 5 nitrogen and oxygen atoms in total. The standard InChI is InChI=1S/C11H23N3O2/c1-13(2)6-3-7-14-8-4-11(12,5-9-14)10(15)16/h3-9,12H2,1-2H3,(H,15,16). The lowest BCUT2D eigenvalue weighted by Crippen LogP contribution is -2.55. The van der Waals surface area contributed by atoms with Gasteiger partial charge in [-0.1, -0.05) is 0 Å². The fourth-order valence-corrected chi connectivity index (χ4v) is 2.00. The molecule has 0 saturated carbocycles. The zero-order valence-electron chi connectivity index (χ0n) is 10.3. The number of hydrogen-bond acceptors (Lipinski definition) is 4. The number of carboxylic acid groups (broad SMARTS) is 1. The van der Waals surface area contributed by atoms with Crippen molar-refractivity contribution in [3.05, 3.63) is 0 Å². The minimum Gasteiger partial charge on any atom is -0.480 e. The molecule has 1 aliphatic rings. The molecule has 0 aromatic rings. The van der Waals surface area contributed by atoms with Crippen molar-refractivity contribution in [1.29, 1.82) is 0 Å². The van der Waals surface area contributed by atoms with Crippen LogP contribution in [0.25, 0.3) is 0 Å². The molecule has 1 aliphatic heterocycles. The van der Waals surface area contributed by atoms with Gasteiger partial charge < -0.3 is 20.6 Å². The van der Waals surface area contributed by atoms with E-state index in [9.17, 15) is 4.79 Å². The Labute approximate surface area is 97.2 Å². The molecule has 0 radical (unpaired) electrons. The number of likely N-dealkylation sites (tertiary alicyclic amines) is 1. The highest BCUT2D eigenvalue weighted by molar-refractivity contribution is 5.78. The average molecular weight is 229 g/mol. The van der Waals surface area contributed by atoms with Gasteiger partial charge in [-0.05, 0) is 46.4 Å². The molecule has 0 atom stereocenters. The van der Waals surface area contributed by atoms with E-state index in [0.29, 0.717) is 12.8 Å². The Morgan fingerprint density at radius 1 is 1.44 bits per heavy atom. The van der Waals surface area contributed by atoms with Crippen molar-refractivity contribution in [3.63, 3.8) is 0 Å². The summed E-state index contributed by atoms with van der Waals surface area (Å²) in [6.45, 7) is 3.71. The molecule has 0 aromatic carbocycles. The second-order valence-electron chi connectivity index (χ2n) is 4.96. The van der Waals surface area contributed by atoms with E-state index in [2.05, 4.69) is 23.9 Å². The van der Waals surface area contributed by atoms with Crippen molar-refractivity contribution in [2.24, 2.45) is 5.73 Å². The van der Waals surface area contributed by atoms with Gasteiger partial charge in [-0.2, -0.15) is 0 Å². The molecular weight excluding hydrogens is 206 g/mol. The summed E-state index contributed by atoms with van der Waals surface area (Å²) in [5, 5.41) is 8.98. The van der Waals surface area contributed by atoms with E-state index in [1.54, 1.807) is 0 Å². The molecule has 0 bridgehead atoms. The van der Waals surface area contributed by atoms with Crippen molar-refractivity contribution in [2.75, 3.05) is 40.3 Å². The number of piperidine rings is 1. The second kappa shape index (κ2) is 5.61. The number of rotatable bonds is 5. The summed E-state index contributed by atoms with van der Waals surface area (Å²) in [6, 6.07) is 0. The highest BCUT2D eigenvalue weighted by atomic mass is 16.4. The van der Waals surface area contributed by atoms with Crippen molar-refractivity contribution in [3.8, 4) is 0 Å². The van der Waals surface area contributed by atoms with Crippen LogP contribution in [0.5, 0.6) is 0 Å². The lowest BCUT2D eigenvalue weighted by molar-refractivity contribution is -0.145. The number of nitrogens with two attached hydrogens (primary N) is 1. The second-order valence-corrected chi connectivity index (χ2v) is 4.96. The molecule has 5 heteroatoms. The quantitative estimate of drug-likeness (QED) is 0.684. The molecule has 1 saturated heterocycles. The van der Waals surface area contributed by atoms with Crippen molar-refractivity contribution >= 4 is 5.97 Å². The minimum atomic E-state index is -0.988. The van der Waals surface area contributed by atoms with Crippen LogP contribution in [0.2, 0.25) is 0 Å². The summed E-state index contributed by atoms with van der Waals surface area (Å²) in [5.74, 6) is -0.861. The van der Waals surface area contributed by atoms with Gasteiger partial charge >= 0.3 is 5.97 Å². The SMILES string of the molecule is CN(C)CCCN1CCC(N)(C(=O)O)CC1. The van der Waals surface area contributed by atoms with Gasteiger partial charge in [0.05, 0.1) is 0 Å². The molecule has 16 heavy (non-hydrogen) atoms. The summed E-state index contributed by atoms with van der Waals surface area (Å²) < 4.78 is 0. The number of aliphatic carboxylic acids is 1. The van der Waals surface area contributed by atoms with E-state index in [1.165, 1.54) is 0 Å². The average Bonchev–Trinajstić information content (AvgIpc) is 2.20. The minimum absolute atomic E-state index is 0.560. The molecular formula is C11H23N3O2. The Kier molecular flexibility index (Phi) is 4.70. The van der Waals surface area contributed by atoms with E-state index in [4.69, 9.17) is 10.8 Å². The summed E-state index contributed by atoms with van der Waals surface area (Å²) >= 11 is 0. The van der Waals surface area contributed by atoms with Crippen LogP contribution >= 0.6 is 0 Å². The van der Waals surface area contributed by atoms with Crippen LogP contribution in [0.3, 0.4) is 0 Å². The van der Waals surface area contributed by atoms with E-state index in [0.717, 1.165) is 32.6 Å². The lowest BCUT2D eigenvalue weighted by Gasteiger charge is -2.36. The van der Waals surface area contributed by atoms with Gasteiger partial charge in [0.15, 0.2) is 0 Å². The number of hydrogen-bond donors (Lipinski definition) is 2. The van der Waals surface area contributed by atoms with E-state index < -0.39 is 11.5 Å². The fraction of sp³-hybridized carbons (Fsp3) is 0.909. The Morgan fingerprint density at radius 3 is 2.44 bits per heavy atom. The molecule has 1 fully saturated rings. The maximum Gasteiger partial charge on any atom is 0.323 e. The van der Waals surface area contributed by atoms with Crippen LogP contribution in [-0.4, -0.2) is 66.7 Å². The van der Waals surface area contributed by atoms with E-state index in [-0.39, 0.29) is 0 Å². The first-order valence-electron chi connectivity index (χ1n) is 5.83.